The van der Waals surface area contributed by atoms with Gasteiger partial charge in [-0.3, -0.25) is 14.5 Å². The van der Waals surface area contributed by atoms with Crippen LogP contribution in [0.5, 0.6) is 11.5 Å². The number of hydrogen-bond donors (Lipinski definition) is 1. The third-order valence-corrected chi connectivity index (χ3v) is 7.48. The summed E-state index contributed by atoms with van der Waals surface area (Å²) >= 11 is 2.57. The molecule has 1 aliphatic rings. The molecule has 1 saturated heterocycles. The number of methoxy groups -OCH3 is 1. The van der Waals surface area contributed by atoms with E-state index in [1.807, 2.05) is 18.4 Å². The molecule has 0 bridgehead atoms. The van der Waals surface area contributed by atoms with Crippen molar-refractivity contribution in [1.82, 2.24) is 4.98 Å². The maximum Gasteiger partial charge on any atom is 0.301 e. The molecule has 2 aromatic heterocycles. The van der Waals surface area contributed by atoms with Gasteiger partial charge in [-0.15, -0.1) is 11.3 Å². The van der Waals surface area contributed by atoms with E-state index in [4.69, 9.17) is 9.47 Å². The molecule has 1 amide bonds. The smallest absolute Gasteiger partial charge is 0.301 e. The van der Waals surface area contributed by atoms with E-state index < -0.39 is 29.3 Å². The van der Waals surface area contributed by atoms with Gasteiger partial charge in [0.2, 0.25) is 0 Å². The Kier molecular flexibility index (Phi) is 6.00. The molecule has 1 unspecified atom stereocenters. The molecule has 5 rings (SSSR count). The second-order valence-electron chi connectivity index (χ2n) is 7.59. The van der Waals surface area contributed by atoms with Crippen LogP contribution in [0.3, 0.4) is 0 Å². The van der Waals surface area contributed by atoms with Crippen LogP contribution in [0.15, 0.2) is 59.5 Å². The van der Waals surface area contributed by atoms with Crippen LogP contribution < -0.4 is 14.4 Å². The molecule has 10 heteroatoms. The lowest BCUT2D eigenvalue weighted by Crippen LogP contribution is -2.28. The van der Waals surface area contributed by atoms with Crippen LogP contribution in [0.1, 0.15) is 23.4 Å². The summed E-state index contributed by atoms with van der Waals surface area (Å²) in [5, 5.41) is 13.3. The number of aliphatic hydroxyl groups is 1. The molecule has 0 aliphatic carbocycles. The van der Waals surface area contributed by atoms with Gasteiger partial charge in [0.1, 0.15) is 29.1 Å². The lowest BCUT2D eigenvalue weighted by Gasteiger charge is -2.21. The molecule has 0 radical (unpaired) electrons. The Morgan fingerprint density at radius 3 is 2.74 bits per heavy atom. The number of thiazole rings is 1. The predicted octanol–water partition coefficient (Wildman–Crippen LogP) is 5.53. The number of aliphatic hydroxyl groups excluding tert-OH is 1. The number of aromatic nitrogens is 1. The monoisotopic (exact) mass is 510 g/mol. The molecule has 1 atom stereocenters. The average Bonchev–Trinajstić information content (AvgIpc) is 3.57. The van der Waals surface area contributed by atoms with Crippen molar-refractivity contribution >= 4 is 55.5 Å². The second kappa shape index (κ2) is 9.12. The fraction of sp³-hybridized carbons (Fsp3) is 0.160. The Balaban J connectivity index is 1.69. The molecular formula is C25H19FN2O5S2. The minimum atomic E-state index is -0.935. The van der Waals surface area contributed by atoms with E-state index in [1.165, 1.54) is 46.8 Å². The van der Waals surface area contributed by atoms with Crippen molar-refractivity contribution in [2.75, 3.05) is 18.6 Å². The Labute approximate surface area is 207 Å². The molecule has 0 saturated carbocycles. The Bertz CT molecular complexity index is 1480. The van der Waals surface area contributed by atoms with Gasteiger partial charge in [-0.2, -0.15) is 0 Å². The number of ether oxygens (including phenoxy) is 2. The number of carbonyl (C=O) groups is 2. The van der Waals surface area contributed by atoms with Gasteiger partial charge in [0.25, 0.3) is 5.78 Å². The van der Waals surface area contributed by atoms with Gasteiger partial charge in [0.05, 0.1) is 35.1 Å². The first-order chi connectivity index (χ1) is 16.9. The highest BCUT2D eigenvalue weighted by molar-refractivity contribution is 7.22. The lowest BCUT2D eigenvalue weighted by molar-refractivity contribution is -0.132. The summed E-state index contributed by atoms with van der Waals surface area (Å²) in [4.78, 5) is 33.1. The number of hydrogen-bond acceptors (Lipinski definition) is 8. The third-order valence-electron chi connectivity index (χ3n) is 5.54. The van der Waals surface area contributed by atoms with Crippen LogP contribution in [0.4, 0.5) is 9.52 Å². The molecule has 2 aromatic carbocycles. The number of Topliss-reactive ketones (excluding diaryl/α,β-unsaturated/α-hetero) is 1. The third kappa shape index (κ3) is 3.94. The highest BCUT2D eigenvalue weighted by Crippen LogP contribution is 2.46. The number of fused-ring (bicyclic) bond motifs is 1. The molecular weight excluding hydrogens is 491 g/mol. The zero-order chi connectivity index (χ0) is 24.7. The van der Waals surface area contributed by atoms with Crippen molar-refractivity contribution in [3.63, 3.8) is 0 Å². The van der Waals surface area contributed by atoms with Crippen molar-refractivity contribution in [2.45, 2.75) is 13.0 Å². The van der Waals surface area contributed by atoms with Gasteiger partial charge < -0.3 is 14.6 Å². The van der Waals surface area contributed by atoms with Gasteiger partial charge in [-0.25, -0.2) is 9.37 Å². The van der Waals surface area contributed by atoms with E-state index in [9.17, 15) is 19.1 Å². The van der Waals surface area contributed by atoms with Gasteiger partial charge in [-0.05, 0) is 54.8 Å². The van der Waals surface area contributed by atoms with Crippen LogP contribution in [-0.2, 0) is 9.59 Å². The molecule has 1 aliphatic heterocycles. The number of carbonyl (C=O) groups excluding carboxylic acids is 2. The minimum Gasteiger partial charge on any atom is -0.507 e. The number of rotatable bonds is 6. The number of ketones is 1. The summed E-state index contributed by atoms with van der Waals surface area (Å²) in [5.74, 6) is -2.01. The Hall–Kier alpha value is -3.76. The van der Waals surface area contributed by atoms with Crippen LogP contribution in [-0.4, -0.2) is 35.5 Å². The van der Waals surface area contributed by atoms with Gasteiger partial charge in [0, 0.05) is 4.88 Å². The summed E-state index contributed by atoms with van der Waals surface area (Å²) < 4.78 is 25.7. The number of nitrogens with zero attached hydrogens (tertiary/aromatic N) is 2. The Morgan fingerprint density at radius 1 is 1.20 bits per heavy atom. The highest BCUT2D eigenvalue weighted by atomic mass is 32.1. The van der Waals surface area contributed by atoms with Crippen LogP contribution in [0.25, 0.3) is 16.0 Å². The van der Waals surface area contributed by atoms with Crippen molar-refractivity contribution in [2.24, 2.45) is 0 Å². The van der Waals surface area contributed by atoms with E-state index in [1.54, 1.807) is 24.3 Å². The van der Waals surface area contributed by atoms with Crippen LogP contribution >= 0.6 is 22.7 Å². The van der Waals surface area contributed by atoms with E-state index in [-0.39, 0.29) is 16.9 Å². The summed E-state index contributed by atoms with van der Waals surface area (Å²) in [6, 6.07) is 11.6. The van der Waals surface area contributed by atoms with Crippen molar-refractivity contribution in [1.29, 1.82) is 0 Å². The van der Waals surface area contributed by atoms with E-state index in [0.717, 1.165) is 10.8 Å². The Morgan fingerprint density at radius 2 is 2.03 bits per heavy atom. The normalized spacial score (nSPS) is 17.3. The van der Waals surface area contributed by atoms with Gasteiger partial charge in [0.15, 0.2) is 5.13 Å². The summed E-state index contributed by atoms with van der Waals surface area (Å²) in [6.07, 6.45) is 0. The van der Waals surface area contributed by atoms with Crippen molar-refractivity contribution in [3.8, 4) is 11.5 Å². The van der Waals surface area contributed by atoms with Crippen LogP contribution in [0, 0.1) is 5.82 Å². The minimum absolute atomic E-state index is 0.0160. The molecule has 0 spiro atoms. The van der Waals surface area contributed by atoms with Crippen LogP contribution in [0.2, 0.25) is 0 Å². The predicted molar refractivity (Wildman–Crippen MR) is 133 cm³/mol. The average molecular weight is 511 g/mol. The molecule has 35 heavy (non-hydrogen) atoms. The van der Waals surface area contributed by atoms with E-state index in [2.05, 4.69) is 4.98 Å². The summed E-state index contributed by atoms with van der Waals surface area (Å²) in [5.41, 5.74) is 0.473. The number of amides is 1. The molecule has 7 nitrogen and oxygen atoms in total. The second-order valence-corrected chi connectivity index (χ2v) is 9.58. The maximum atomic E-state index is 14.1. The number of halogens is 1. The quantitative estimate of drug-likeness (QED) is 0.208. The van der Waals surface area contributed by atoms with E-state index in [0.29, 0.717) is 27.9 Å². The first-order valence-corrected chi connectivity index (χ1v) is 12.3. The molecule has 178 valence electrons. The van der Waals surface area contributed by atoms with Gasteiger partial charge in [-0.1, -0.05) is 17.4 Å². The van der Waals surface area contributed by atoms with E-state index >= 15 is 0 Å². The van der Waals surface area contributed by atoms with Crippen molar-refractivity contribution in [3.05, 3.63) is 75.7 Å². The fourth-order valence-electron chi connectivity index (χ4n) is 4.01. The molecule has 1 fully saturated rings. The maximum absolute atomic E-state index is 14.1. The van der Waals surface area contributed by atoms with Crippen molar-refractivity contribution < 1.29 is 28.6 Å². The SMILES string of the molecule is CCOc1ccc2nc(N3C(=O)C(=O)/C(=C(/O)c4cc(F)ccc4OC)C3c3cccs3)sc2c1. The number of benzene rings is 2. The number of anilines is 1. The fourth-order valence-corrected chi connectivity index (χ4v) is 5.85. The highest BCUT2D eigenvalue weighted by Gasteiger charge is 2.48. The van der Waals surface area contributed by atoms with Gasteiger partial charge >= 0.3 is 5.91 Å². The summed E-state index contributed by atoms with van der Waals surface area (Å²) in [6.45, 7) is 2.39. The topological polar surface area (TPSA) is 89.0 Å². The largest absolute Gasteiger partial charge is 0.507 e. The molecule has 3 heterocycles. The zero-order valence-electron chi connectivity index (χ0n) is 18.6. The number of thiophene rings is 1. The molecule has 4 aromatic rings. The summed E-state index contributed by atoms with van der Waals surface area (Å²) in [7, 11) is 1.37. The first-order valence-electron chi connectivity index (χ1n) is 10.6. The standard InChI is InChI=1S/C25H19FN2O5S2/c1-3-33-14-7-8-16-19(12-14)35-25(27-16)28-21(18-5-4-10-34-18)20(23(30)24(28)31)22(29)15-11-13(26)6-9-17(15)32-2/h4-12,21,29H,3H2,1-2H3/b22-20+. The first kappa shape index (κ1) is 23.0. The molecule has 1 N–H and O–H groups in total. The lowest BCUT2D eigenvalue weighted by atomic mass is 9.99. The zero-order valence-corrected chi connectivity index (χ0v) is 20.3.